The van der Waals surface area contributed by atoms with Crippen molar-refractivity contribution in [1.29, 1.82) is 0 Å². The zero-order valence-electron chi connectivity index (χ0n) is 14.4. The number of fused-ring (bicyclic) bond motifs is 1. The van der Waals surface area contributed by atoms with E-state index in [1.165, 1.54) is 0 Å². The van der Waals surface area contributed by atoms with Gasteiger partial charge in [0.1, 0.15) is 24.2 Å². The molecule has 0 aliphatic carbocycles. The van der Waals surface area contributed by atoms with E-state index in [4.69, 9.17) is 9.47 Å². The molecule has 0 radical (unpaired) electrons. The Morgan fingerprint density at radius 2 is 1.60 bits per heavy atom. The Morgan fingerprint density at radius 3 is 2.24 bits per heavy atom. The summed E-state index contributed by atoms with van der Waals surface area (Å²) >= 11 is 0. The van der Waals surface area contributed by atoms with Gasteiger partial charge in [0.05, 0.1) is 24.2 Å². The third-order valence-electron chi connectivity index (χ3n) is 4.02. The molecule has 1 heterocycles. The average molecular weight is 342 g/mol. The summed E-state index contributed by atoms with van der Waals surface area (Å²) in [5, 5.41) is 10.3. The Kier molecular flexibility index (Phi) is 5.09. The zero-order chi connectivity index (χ0) is 17.8. The Bertz CT molecular complexity index is 896. The van der Waals surface area contributed by atoms with Gasteiger partial charge in [-0.3, -0.25) is 9.13 Å². The Balaban J connectivity index is 1.66. The van der Waals surface area contributed by atoms with Crippen LogP contribution < -0.4 is 15.2 Å². The SMILES string of the molecule is CCOc1ccc(OCC(O)Cn2c(=O)n(C)c3ccccc32)cc1. The van der Waals surface area contributed by atoms with E-state index in [9.17, 15) is 9.90 Å². The summed E-state index contributed by atoms with van der Waals surface area (Å²) in [5.74, 6) is 1.42. The highest BCUT2D eigenvalue weighted by atomic mass is 16.5. The maximum atomic E-state index is 12.4. The maximum absolute atomic E-state index is 12.4. The summed E-state index contributed by atoms with van der Waals surface area (Å²) in [4.78, 5) is 12.4. The molecule has 0 fully saturated rings. The lowest BCUT2D eigenvalue weighted by atomic mass is 10.3. The fraction of sp³-hybridized carbons (Fsp3) is 0.316. The van der Waals surface area contributed by atoms with Crippen LogP contribution in [0, 0.1) is 0 Å². The summed E-state index contributed by atoms with van der Waals surface area (Å²) in [6.45, 7) is 2.82. The van der Waals surface area contributed by atoms with Crippen LogP contribution >= 0.6 is 0 Å². The minimum Gasteiger partial charge on any atom is -0.494 e. The Labute approximate surface area is 145 Å². The predicted molar refractivity (Wildman–Crippen MR) is 96.3 cm³/mol. The molecule has 0 saturated carbocycles. The molecule has 0 spiro atoms. The van der Waals surface area contributed by atoms with Crippen molar-refractivity contribution in [3.05, 3.63) is 59.0 Å². The van der Waals surface area contributed by atoms with Crippen LogP contribution in [-0.4, -0.2) is 33.6 Å². The highest BCUT2D eigenvalue weighted by Crippen LogP contribution is 2.18. The minimum absolute atomic E-state index is 0.101. The number of benzene rings is 2. The molecule has 0 saturated heterocycles. The molecule has 0 bridgehead atoms. The van der Waals surface area contributed by atoms with Gasteiger partial charge < -0.3 is 14.6 Å². The van der Waals surface area contributed by atoms with E-state index in [2.05, 4.69) is 0 Å². The molecule has 25 heavy (non-hydrogen) atoms. The van der Waals surface area contributed by atoms with Crippen molar-refractivity contribution >= 4 is 11.0 Å². The van der Waals surface area contributed by atoms with Gasteiger partial charge in [-0.1, -0.05) is 12.1 Å². The van der Waals surface area contributed by atoms with Gasteiger partial charge in [0.25, 0.3) is 0 Å². The molecule has 1 N–H and O–H groups in total. The first-order valence-corrected chi connectivity index (χ1v) is 8.28. The molecule has 1 aromatic heterocycles. The second kappa shape index (κ2) is 7.44. The zero-order valence-corrected chi connectivity index (χ0v) is 14.4. The summed E-state index contributed by atoms with van der Waals surface area (Å²) in [6.07, 6.45) is -0.796. The van der Waals surface area contributed by atoms with Crippen molar-refractivity contribution in [2.24, 2.45) is 7.05 Å². The fourth-order valence-corrected chi connectivity index (χ4v) is 2.79. The molecular formula is C19H22N2O4. The fourth-order valence-electron chi connectivity index (χ4n) is 2.79. The average Bonchev–Trinajstić information content (AvgIpc) is 2.87. The van der Waals surface area contributed by atoms with E-state index in [1.807, 2.05) is 43.3 Å². The van der Waals surface area contributed by atoms with Crippen molar-refractivity contribution in [2.45, 2.75) is 19.6 Å². The largest absolute Gasteiger partial charge is 0.494 e. The minimum atomic E-state index is -0.796. The third-order valence-corrected chi connectivity index (χ3v) is 4.02. The van der Waals surface area contributed by atoms with Crippen LogP contribution in [0.1, 0.15) is 6.92 Å². The lowest BCUT2D eigenvalue weighted by molar-refractivity contribution is 0.0925. The number of rotatable bonds is 7. The number of ether oxygens (including phenoxy) is 2. The van der Waals surface area contributed by atoms with Crippen LogP contribution in [0.2, 0.25) is 0 Å². The van der Waals surface area contributed by atoms with Crippen LogP contribution in [0.5, 0.6) is 11.5 Å². The number of nitrogens with zero attached hydrogens (tertiary/aromatic N) is 2. The van der Waals surface area contributed by atoms with Crippen LogP contribution in [0.3, 0.4) is 0 Å². The summed E-state index contributed by atoms with van der Waals surface area (Å²) < 4.78 is 14.1. The first kappa shape index (κ1) is 17.1. The van der Waals surface area contributed by atoms with E-state index < -0.39 is 6.10 Å². The van der Waals surface area contributed by atoms with E-state index in [1.54, 1.807) is 28.3 Å². The molecule has 2 aromatic carbocycles. The Hall–Kier alpha value is -2.73. The van der Waals surface area contributed by atoms with E-state index in [0.717, 1.165) is 16.8 Å². The lowest BCUT2D eigenvalue weighted by Gasteiger charge is -2.13. The monoisotopic (exact) mass is 342 g/mol. The molecule has 1 atom stereocenters. The van der Waals surface area contributed by atoms with E-state index in [0.29, 0.717) is 12.4 Å². The van der Waals surface area contributed by atoms with Crippen LogP contribution in [0.4, 0.5) is 0 Å². The number of hydrogen-bond donors (Lipinski definition) is 1. The number of hydrogen-bond acceptors (Lipinski definition) is 4. The molecule has 3 aromatic rings. The summed E-state index contributed by atoms with van der Waals surface area (Å²) in [6, 6.07) is 14.7. The first-order chi connectivity index (χ1) is 12.1. The molecular weight excluding hydrogens is 320 g/mol. The predicted octanol–water partition coefficient (Wildman–Crippen LogP) is 2.18. The number of para-hydroxylation sites is 2. The molecule has 132 valence electrons. The van der Waals surface area contributed by atoms with Gasteiger partial charge in [0, 0.05) is 7.05 Å². The second-order valence-corrected chi connectivity index (χ2v) is 5.81. The number of aromatic nitrogens is 2. The first-order valence-electron chi connectivity index (χ1n) is 8.28. The van der Waals surface area contributed by atoms with Crippen LogP contribution in [0.25, 0.3) is 11.0 Å². The molecule has 0 aliphatic rings. The third kappa shape index (κ3) is 3.69. The quantitative estimate of drug-likeness (QED) is 0.715. The van der Waals surface area contributed by atoms with Crippen LogP contribution in [-0.2, 0) is 13.6 Å². The molecule has 0 amide bonds. The van der Waals surface area contributed by atoms with Crippen molar-refractivity contribution in [2.75, 3.05) is 13.2 Å². The van der Waals surface area contributed by atoms with Crippen LogP contribution in [0.15, 0.2) is 53.3 Å². The number of aliphatic hydroxyl groups excluding tert-OH is 1. The molecule has 1 unspecified atom stereocenters. The van der Waals surface area contributed by atoms with Gasteiger partial charge >= 0.3 is 5.69 Å². The molecule has 6 heteroatoms. The second-order valence-electron chi connectivity index (χ2n) is 5.81. The lowest BCUT2D eigenvalue weighted by Crippen LogP contribution is -2.30. The molecule has 0 aliphatic heterocycles. The van der Waals surface area contributed by atoms with Crippen molar-refractivity contribution < 1.29 is 14.6 Å². The van der Waals surface area contributed by atoms with Gasteiger partial charge in [-0.2, -0.15) is 0 Å². The standard InChI is InChI=1S/C19H22N2O4/c1-3-24-15-8-10-16(11-9-15)25-13-14(22)12-21-18-7-5-4-6-17(18)20(2)19(21)23/h4-11,14,22H,3,12-13H2,1-2H3. The smallest absolute Gasteiger partial charge is 0.328 e. The van der Waals surface area contributed by atoms with Crippen molar-refractivity contribution in [3.8, 4) is 11.5 Å². The normalized spacial score (nSPS) is 12.3. The maximum Gasteiger partial charge on any atom is 0.328 e. The van der Waals surface area contributed by atoms with Crippen molar-refractivity contribution in [1.82, 2.24) is 9.13 Å². The number of imidazole rings is 1. The van der Waals surface area contributed by atoms with Gasteiger partial charge in [-0.25, -0.2) is 4.79 Å². The summed E-state index contributed by atoms with van der Waals surface area (Å²) in [7, 11) is 1.73. The van der Waals surface area contributed by atoms with Gasteiger partial charge in [-0.05, 0) is 43.3 Å². The van der Waals surface area contributed by atoms with E-state index in [-0.39, 0.29) is 18.8 Å². The highest BCUT2D eigenvalue weighted by molar-refractivity contribution is 5.75. The molecule has 6 nitrogen and oxygen atoms in total. The Morgan fingerprint density at radius 1 is 1.00 bits per heavy atom. The number of aryl methyl sites for hydroxylation is 1. The van der Waals surface area contributed by atoms with Gasteiger partial charge in [0.15, 0.2) is 0 Å². The molecule has 3 rings (SSSR count). The van der Waals surface area contributed by atoms with E-state index >= 15 is 0 Å². The number of aliphatic hydroxyl groups is 1. The highest BCUT2D eigenvalue weighted by Gasteiger charge is 2.14. The van der Waals surface area contributed by atoms with Gasteiger partial charge in [0.2, 0.25) is 0 Å². The summed E-state index contributed by atoms with van der Waals surface area (Å²) in [5.41, 5.74) is 1.49. The topological polar surface area (TPSA) is 65.6 Å². The van der Waals surface area contributed by atoms with Crippen molar-refractivity contribution in [3.63, 3.8) is 0 Å². The van der Waals surface area contributed by atoms with Gasteiger partial charge in [-0.15, -0.1) is 0 Å².